The fraction of sp³-hybridized carbons (Fsp3) is 0.143. The molecular weight excluding hydrogens is 1600 g/mol. The van der Waals surface area contributed by atoms with E-state index in [0.717, 1.165) is 22.3 Å². The van der Waals surface area contributed by atoms with Crippen molar-refractivity contribution in [2.75, 3.05) is 0 Å². The van der Waals surface area contributed by atoms with E-state index in [2.05, 4.69) is 72.8 Å². The van der Waals surface area contributed by atoms with E-state index >= 15 is 0 Å². The average molecular weight is 1690 g/mol. The van der Waals surface area contributed by atoms with Crippen LogP contribution in [0.2, 0.25) is 0 Å². The lowest BCUT2D eigenvalue weighted by Crippen LogP contribution is -2.26. The molecule has 0 N–H and O–H groups in total. The third-order valence-corrected chi connectivity index (χ3v) is 25.0. The summed E-state index contributed by atoms with van der Waals surface area (Å²) in [7, 11) is 0. The highest BCUT2D eigenvalue weighted by Crippen LogP contribution is 2.60. The monoisotopic (exact) mass is 1680 g/mol. The number of hydrogen-bond acceptors (Lipinski definition) is 16. The Balaban J connectivity index is 0.865. The molecule has 12 aliphatic rings. The highest BCUT2D eigenvalue weighted by atomic mass is 16.7. The van der Waals surface area contributed by atoms with Gasteiger partial charge in [0.15, 0.2) is 0 Å². The standard InChI is InChI=1S/C112H80O16/c1-5-17-65(18-6-1)33-37-89-93-57-95-90(38-34-66-19-7-2-8-20-66)97-59-99-92(40-36-68-23-11-4-12-24-68)100-60-98-91(39-35-67-21-9-3-10-22-67)96-58-94(89)102-62-104(96)124-110(122-102)70-42-82-54-84(44-70)116-76-28-15-30-78(51-76)118-86-46-72(112-126-106(98)64-108(100)128-112)48-88(56-86)120-80-32-16-31-79(52-80)119-87-47-71(111-125-105(97)63-107(99)127-111)45-85(55-87)117-77-29-14-27-75(50-77)115-83-43-69(109-121-101(93)61-103(95)123-109)41-81(53-83)113-73-25-13-26-74(49-73)114-82/h1-32,41-64,89-92,109-112H,33-40H2/i109D,110D,111D,112D. The molecule has 4 aliphatic carbocycles. The van der Waals surface area contributed by atoms with Gasteiger partial charge in [0.1, 0.15) is 143 Å². The van der Waals surface area contributed by atoms with Gasteiger partial charge in [-0.15, -0.1) is 0 Å². The molecule has 0 spiro atoms. The molecule has 8 heterocycles. The summed E-state index contributed by atoms with van der Waals surface area (Å²) in [6.07, 6.45) is -6.51. The minimum absolute atomic E-state index is 0.180. The Hall–Kier alpha value is -15.7. The van der Waals surface area contributed by atoms with E-state index in [0.29, 0.717) is 188 Å². The van der Waals surface area contributed by atoms with E-state index in [4.69, 9.17) is 75.8 Å². The molecule has 0 amide bonds. The van der Waals surface area contributed by atoms with Crippen LogP contribution < -0.4 is 75.8 Å². The number of hydrogen-bond donors (Lipinski definition) is 0. The summed E-state index contributed by atoms with van der Waals surface area (Å²) >= 11 is 0. The van der Waals surface area contributed by atoms with Crippen LogP contribution in [0, 0.1) is 0 Å². The van der Waals surface area contributed by atoms with Crippen LogP contribution in [0.5, 0.6) is 138 Å². The van der Waals surface area contributed by atoms with Crippen LogP contribution >= 0.6 is 0 Å². The fourth-order valence-corrected chi connectivity index (χ4v) is 19.1. The minimum atomic E-state index is -2.47. The maximum Gasteiger partial charge on any atom is 0.267 e. The third-order valence-electron chi connectivity index (χ3n) is 25.0. The molecule has 0 saturated heterocycles. The van der Waals surface area contributed by atoms with Crippen molar-refractivity contribution in [1.29, 1.82) is 0 Å². The van der Waals surface area contributed by atoms with Gasteiger partial charge in [-0.3, -0.25) is 0 Å². The molecule has 0 saturated carbocycles. The molecule has 0 fully saturated rings. The summed E-state index contributed by atoms with van der Waals surface area (Å²) < 4.78 is 163. The third kappa shape index (κ3) is 14.6. The second kappa shape index (κ2) is 31.2. The van der Waals surface area contributed by atoms with Crippen molar-refractivity contribution in [3.05, 3.63) is 429 Å². The van der Waals surface area contributed by atoms with Crippen LogP contribution in [0.4, 0.5) is 0 Å². The van der Waals surface area contributed by atoms with E-state index < -0.39 is 48.7 Å². The lowest BCUT2D eigenvalue weighted by molar-refractivity contribution is -0.0123. The molecule has 0 radical (unpaired) electrons. The lowest BCUT2D eigenvalue weighted by Gasteiger charge is -2.38. The number of aryl methyl sites for hydroxylation is 4. The molecular formula is C112H80O16. The maximum atomic E-state index is 11.4. The smallest absolute Gasteiger partial charge is 0.267 e. The van der Waals surface area contributed by atoms with Gasteiger partial charge in [-0.25, -0.2) is 0 Å². The van der Waals surface area contributed by atoms with Gasteiger partial charge in [0.25, 0.3) is 25.1 Å². The Morgan fingerprint density at radius 3 is 0.500 bits per heavy atom. The average Bonchev–Trinajstić information content (AvgIpc) is 0.715. The first-order valence-electron chi connectivity index (χ1n) is 45.4. The van der Waals surface area contributed by atoms with E-state index in [1.807, 2.05) is 97.1 Å². The van der Waals surface area contributed by atoms with E-state index in [1.165, 1.54) is 0 Å². The van der Waals surface area contributed by atoms with Crippen LogP contribution in [-0.4, -0.2) is 0 Å². The van der Waals surface area contributed by atoms with Gasteiger partial charge in [-0.1, -0.05) is 146 Å². The van der Waals surface area contributed by atoms with Gasteiger partial charge in [0, 0.05) is 163 Å². The molecule has 0 atom stereocenters. The minimum Gasteiger partial charge on any atom is -0.457 e. The molecule has 128 heavy (non-hydrogen) atoms. The van der Waals surface area contributed by atoms with Crippen molar-refractivity contribution < 1.29 is 81.3 Å². The second-order valence-corrected chi connectivity index (χ2v) is 33.5. The molecule has 40 bridgehead atoms. The van der Waals surface area contributed by atoms with Gasteiger partial charge < -0.3 is 75.8 Å². The molecule has 16 heteroatoms. The van der Waals surface area contributed by atoms with Gasteiger partial charge in [0.05, 0.1) is 0 Å². The number of ether oxygens (including phenoxy) is 16. The predicted octanol–water partition coefficient (Wildman–Crippen LogP) is 28.5. The van der Waals surface area contributed by atoms with Gasteiger partial charge in [-0.05, 0) is 195 Å². The van der Waals surface area contributed by atoms with Crippen molar-refractivity contribution in [2.45, 2.75) is 100 Å². The second-order valence-electron chi connectivity index (χ2n) is 33.5. The molecule has 624 valence electrons. The highest BCUT2D eigenvalue weighted by molar-refractivity contribution is 5.67. The summed E-state index contributed by atoms with van der Waals surface area (Å²) in [5.74, 6) is 3.74. The first-order valence-corrected chi connectivity index (χ1v) is 43.4. The Morgan fingerprint density at radius 2 is 0.328 bits per heavy atom. The Kier molecular flexibility index (Phi) is 17.2. The largest absolute Gasteiger partial charge is 0.457 e. The van der Waals surface area contributed by atoms with Crippen LogP contribution in [-0.2, 0) is 25.7 Å². The lowest BCUT2D eigenvalue weighted by atomic mass is 9.75. The quantitative estimate of drug-likeness (QED) is 0.114. The van der Waals surface area contributed by atoms with Gasteiger partial charge in [-0.2, -0.15) is 0 Å². The van der Waals surface area contributed by atoms with E-state index in [1.54, 1.807) is 170 Å². The van der Waals surface area contributed by atoms with Crippen LogP contribution in [0.15, 0.2) is 340 Å². The Labute approximate surface area is 744 Å². The number of fused-ring (bicyclic) bond motifs is 16. The van der Waals surface area contributed by atoms with Crippen molar-refractivity contribution >= 4 is 0 Å². The van der Waals surface area contributed by atoms with E-state index in [-0.39, 0.29) is 68.2 Å². The molecule has 0 aromatic heterocycles. The topological polar surface area (TPSA) is 148 Å². The van der Waals surface area contributed by atoms with Gasteiger partial charge in [0.2, 0.25) is 0 Å². The molecule has 16 aromatic rings. The normalized spacial score (nSPS) is 21.4. The van der Waals surface area contributed by atoms with Crippen LogP contribution in [0.3, 0.4) is 0 Å². The summed E-state index contributed by atoms with van der Waals surface area (Å²) in [4.78, 5) is 0. The first kappa shape index (κ1) is 70.7. The summed E-state index contributed by atoms with van der Waals surface area (Å²) in [6.45, 7) is 0. The summed E-state index contributed by atoms with van der Waals surface area (Å²) in [6, 6.07) is 107. The zero-order valence-electron chi connectivity index (χ0n) is 72.8. The van der Waals surface area contributed by atoms with Gasteiger partial charge >= 0.3 is 0 Å². The van der Waals surface area contributed by atoms with Crippen molar-refractivity contribution in [1.82, 2.24) is 0 Å². The Morgan fingerprint density at radius 1 is 0.164 bits per heavy atom. The van der Waals surface area contributed by atoms with Crippen LogP contribution in [0.1, 0.15) is 169 Å². The summed E-state index contributed by atoms with van der Waals surface area (Å²) in [5.41, 5.74) is 9.93. The SMILES string of the molecule is [2H]C12Oc3cc(c4cc3C(CCc3ccccc3)c3cc5c6cc3OC([2H])(O6)c3cc6cc(c3)Oc3cccc(c3)Oc3cc7cc(c3)C3([2H])Oc8cc(c(cc8C5CCc5ccccc5)C(CCc5ccccc5)c5cc(c8cc5OC([2H])(O8)c5cc(cc(c5)Oc5cccc(c5)O7)Oc5cccc(c5)Oc5cc(cc1c5)Oc1cccc(c1)O6)C4CCc1ccccc1)O3)O2. The van der Waals surface area contributed by atoms with E-state index in [9.17, 15) is 5.48 Å². The molecule has 16 aromatic carbocycles. The summed E-state index contributed by atoms with van der Waals surface area (Å²) in [5, 5.41) is 0. The fourth-order valence-electron chi connectivity index (χ4n) is 19.1. The molecule has 16 nitrogen and oxygen atoms in total. The zero-order valence-corrected chi connectivity index (χ0v) is 68.8. The van der Waals surface area contributed by atoms with Crippen molar-refractivity contribution in [2.24, 2.45) is 0 Å². The molecule has 28 rings (SSSR count). The molecule has 0 unspecified atom stereocenters. The van der Waals surface area contributed by atoms with Crippen LogP contribution in [0.25, 0.3) is 0 Å². The zero-order chi connectivity index (χ0) is 88.0. The number of benzene rings is 16. The van der Waals surface area contributed by atoms with Crippen molar-refractivity contribution in [3.8, 4) is 138 Å². The highest BCUT2D eigenvalue weighted by Gasteiger charge is 2.43. The predicted molar refractivity (Wildman–Crippen MR) is 480 cm³/mol. The number of rotatable bonds is 12. The Bertz CT molecular complexity index is 6180. The maximum absolute atomic E-state index is 11.4. The first-order chi connectivity index (χ1) is 64.5. The van der Waals surface area contributed by atoms with Crippen molar-refractivity contribution in [3.63, 3.8) is 0 Å². The molecule has 8 aliphatic heterocycles.